The second kappa shape index (κ2) is 4.82. The number of aryl methyl sites for hydroxylation is 1. The van der Waals surface area contributed by atoms with Gasteiger partial charge in [-0.3, -0.25) is 4.79 Å². The van der Waals surface area contributed by atoms with Crippen LogP contribution < -0.4 is 10.6 Å². The van der Waals surface area contributed by atoms with Gasteiger partial charge in [-0.2, -0.15) is 0 Å². The molecular formula is C13H15N3O. The third kappa shape index (κ3) is 2.53. The number of pyridine rings is 1. The third-order valence-corrected chi connectivity index (χ3v) is 2.63. The number of nitrogens with zero attached hydrogens (tertiary/aromatic N) is 1. The summed E-state index contributed by atoms with van der Waals surface area (Å²) in [5.74, 6) is 0.669. The molecule has 2 N–H and O–H groups in total. The largest absolute Gasteiger partial charge is 0.361 e. The predicted molar refractivity (Wildman–Crippen MR) is 69.0 cm³/mol. The average molecular weight is 229 g/mol. The lowest BCUT2D eigenvalue weighted by Crippen LogP contribution is -2.26. The Morgan fingerprint density at radius 2 is 2.12 bits per heavy atom. The molecule has 2 aromatic rings. The van der Waals surface area contributed by atoms with Gasteiger partial charge in [-0.15, -0.1) is 0 Å². The average Bonchev–Trinajstić information content (AvgIpc) is 2.36. The Kier molecular flexibility index (Phi) is 3.23. The lowest BCUT2D eigenvalue weighted by molar-refractivity contribution is -0.118. The Hall–Kier alpha value is -2.10. The maximum atomic E-state index is 11.1. The second-order valence-electron chi connectivity index (χ2n) is 3.87. The van der Waals surface area contributed by atoms with Crippen molar-refractivity contribution in [3.8, 4) is 0 Å². The molecule has 0 aliphatic rings. The number of nitrogens with one attached hydrogen (secondary N) is 2. The number of para-hydroxylation sites is 1. The molecule has 1 aromatic heterocycles. The van der Waals surface area contributed by atoms with Gasteiger partial charge in [0.05, 0.1) is 12.1 Å². The van der Waals surface area contributed by atoms with Gasteiger partial charge in [0, 0.05) is 12.4 Å². The molecular weight excluding hydrogens is 214 g/mol. The van der Waals surface area contributed by atoms with Crippen LogP contribution >= 0.6 is 0 Å². The fraction of sp³-hybridized carbons (Fsp3) is 0.231. The van der Waals surface area contributed by atoms with Gasteiger partial charge in [0.2, 0.25) is 5.91 Å². The van der Waals surface area contributed by atoms with Gasteiger partial charge in [0.15, 0.2) is 0 Å². The van der Waals surface area contributed by atoms with Gasteiger partial charge in [-0.25, -0.2) is 4.98 Å². The summed E-state index contributed by atoms with van der Waals surface area (Å²) < 4.78 is 0. The van der Waals surface area contributed by atoms with E-state index in [4.69, 9.17) is 0 Å². The number of aromatic nitrogens is 1. The number of amides is 1. The first-order valence-electron chi connectivity index (χ1n) is 5.51. The SMILES string of the molecule is CNC(=O)CNc1cc(C)c2ccccc2n1. The van der Waals surface area contributed by atoms with Crippen LogP contribution in [0, 0.1) is 6.92 Å². The molecule has 1 amide bonds. The number of fused-ring (bicyclic) bond motifs is 1. The van der Waals surface area contributed by atoms with Gasteiger partial charge in [-0.05, 0) is 24.6 Å². The third-order valence-electron chi connectivity index (χ3n) is 2.63. The molecule has 0 radical (unpaired) electrons. The highest BCUT2D eigenvalue weighted by Crippen LogP contribution is 2.19. The molecule has 2 rings (SSSR count). The van der Waals surface area contributed by atoms with Gasteiger partial charge in [-0.1, -0.05) is 18.2 Å². The van der Waals surface area contributed by atoms with Crippen molar-refractivity contribution in [2.45, 2.75) is 6.92 Å². The molecule has 17 heavy (non-hydrogen) atoms. The van der Waals surface area contributed by atoms with Crippen molar-refractivity contribution in [2.24, 2.45) is 0 Å². The molecule has 4 nitrogen and oxygen atoms in total. The van der Waals surface area contributed by atoms with Crippen LogP contribution in [0.25, 0.3) is 10.9 Å². The topological polar surface area (TPSA) is 54.0 Å². The normalized spacial score (nSPS) is 10.2. The quantitative estimate of drug-likeness (QED) is 0.842. The van der Waals surface area contributed by atoms with Crippen molar-refractivity contribution in [3.05, 3.63) is 35.9 Å². The minimum absolute atomic E-state index is 0.0578. The van der Waals surface area contributed by atoms with Crippen molar-refractivity contribution in [2.75, 3.05) is 18.9 Å². The van der Waals surface area contributed by atoms with Crippen LogP contribution in [-0.2, 0) is 4.79 Å². The second-order valence-corrected chi connectivity index (χ2v) is 3.87. The maximum Gasteiger partial charge on any atom is 0.239 e. The molecule has 0 saturated carbocycles. The van der Waals surface area contributed by atoms with E-state index in [-0.39, 0.29) is 12.5 Å². The molecule has 0 saturated heterocycles. The first kappa shape index (κ1) is 11.4. The van der Waals surface area contributed by atoms with Crippen LogP contribution in [0.2, 0.25) is 0 Å². The molecule has 0 atom stereocenters. The molecule has 0 aliphatic heterocycles. The smallest absolute Gasteiger partial charge is 0.239 e. The number of hydrogen-bond donors (Lipinski definition) is 2. The number of anilines is 1. The van der Waals surface area contributed by atoms with Crippen LogP contribution in [0.5, 0.6) is 0 Å². The molecule has 1 aromatic carbocycles. The van der Waals surface area contributed by atoms with Crippen LogP contribution in [0.15, 0.2) is 30.3 Å². The van der Waals surface area contributed by atoms with Crippen molar-refractivity contribution in [1.29, 1.82) is 0 Å². The first-order valence-corrected chi connectivity index (χ1v) is 5.51. The summed E-state index contributed by atoms with van der Waals surface area (Å²) in [5, 5.41) is 6.70. The zero-order valence-corrected chi connectivity index (χ0v) is 9.95. The highest BCUT2D eigenvalue weighted by Gasteiger charge is 2.03. The number of benzene rings is 1. The summed E-state index contributed by atoms with van der Waals surface area (Å²) in [6.07, 6.45) is 0. The Balaban J connectivity index is 2.27. The predicted octanol–water partition coefficient (Wildman–Crippen LogP) is 1.70. The summed E-state index contributed by atoms with van der Waals surface area (Å²) in [5.41, 5.74) is 2.09. The minimum atomic E-state index is -0.0578. The molecule has 0 unspecified atom stereocenters. The number of rotatable bonds is 3. The molecule has 0 spiro atoms. The Labute approximate surface area is 100 Å². The molecule has 0 aliphatic carbocycles. The first-order chi connectivity index (χ1) is 8.20. The van der Waals surface area contributed by atoms with Gasteiger partial charge < -0.3 is 10.6 Å². The minimum Gasteiger partial charge on any atom is -0.361 e. The highest BCUT2D eigenvalue weighted by atomic mass is 16.1. The van der Waals surface area contributed by atoms with E-state index in [0.29, 0.717) is 0 Å². The number of likely N-dealkylation sites (N-methyl/N-ethyl adjacent to an activating group) is 1. The van der Waals surface area contributed by atoms with Crippen molar-refractivity contribution in [1.82, 2.24) is 10.3 Å². The van der Waals surface area contributed by atoms with Crippen LogP contribution in [-0.4, -0.2) is 24.5 Å². The zero-order chi connectivity index (χ0) is 12.3. The molecule has 4 heteroatoms. The zero-order valence-electron chi connectivity index (χ0n) is 9.95. The van der Waals surface area contributed by atoms with E-state index in [0.717, 1.165) is 22.3 Å². The molecule has 88 valence electrons. The Bertz CT molecular complexity index is 551. The summed E-state index contributed by atoms with van der Waals surface area (Å²) in [6, 6.07) is 9.91. The summed E-state index contributed by atoms with van der Waals surface area (Å²) in [4.78, 5) is 15.6. The van der Waals surface area contributed by atoms with E-state index < -0.39 is 0 Å². The lowest BCUT2D eigenvalue weighted by Gasteiger charge is -2.08. The van der Waals surface area contributed by atoms with Crippen LogP contribution in [0.4, 0.5) is 5.82 Å². The maximum absolute atomic E-state index is 11.1. The van der Waals surface area contributed by atoms with E-state index in [1.165, 1.54) is 0 Å². The molecule has 0 bridgehead atoms. The Morgan fingerprint density at radius 1 is 1.35 bits per heavy atom. The molecule has 1 heterocycles. The highest BCUT2D eigenvalue weighted by molar-refractivity contribution is 5.85. The molecule has 0 fully saturated rings. The van der Waals surface area contributed by atoms with Crippen molar-refractivity contribution >= 4 is 22.6 Å². The standard InChI is InChI=1S/C13H15N3O/c1-9-7-12(15-8-13(17)14-2)16-11-6-4-3-5-10(9)11/h3-7H,8H2,1-2H3,(H,14,17)(H,15,16). The fourth-order valence-corrected chi connectivity index (χ4v) is 1.70. The van der Waals surface area contributed by atoms with E-state index >= 15 is 0 Å². The fourth-order valence-electron chi connectivity index (χ4n) is 1.70. The van der Waals surface area contributed by atoms with Gasteiger partial charge in [0.1, 0.15) is 5.82 Å². The monoisotopic (exact) mass is 229 g/mol. The lowest BCUT2D eigenvalue weighted by atomic mass is 10.1. The van der Waals surface area contributed by atoms with E-state index in [9.17, 15) is 4.79 Å². The summed E-state index contributed by atoms with van der Waals surface area (Å²) in [7, 11) is 1.61. The summed E-state index contributed by atoms with van der Waals surface area (Å²) in [6.45, 7) is 2.27. The van der Waals surface area contributed by atoms with Gasteiger partial charge >= 0.3 is 0 Å². The number of carbonyl (C=O) groups is 1. The Morgan fingerprint density at radius 3 is 2.88 bits per heavy atom. The number of hydrogen-bond acceptors (Lipinski definition) is 3. The van der Waals surface area contributed by atoms with Crippen molar-refractivity contribution < 1.29 is 4.79 Å². The van der Waals surface area contributed by atoms with Gasteiger partial charge in [0.25, 0.3) is 0 Å². The van der Waals surface area contributed by atoms with Crippen molar-refractivity contribution in [3.63, 3.8) is 0 Å². The van der Waals surface area contributed by atoms with Crippen LogP contribution in [0.3, 0.4) is 0 Å². The van der Waals surface area contributed by atoms with E-state index in [1.807, 2.05) is 37.3 Å². The van der Waals surface area contributed by atoms with E-state index in [2.05, 4.69) is 15.6 Å². The summed E-state index contributed by atoms with van der Waals surface area (Å²) >= 11 is 0. The number of carbonyl (C=O) groups excluding carboxylic acids is 1. The van der Waals surface area contributed by atoms with Crippen LogP contribution in [0.1, 0.15) is 5.56 Å². The van der Waals surface area contributed by atoms with E-state index in [1.54, 1.807) is 7.05 Å².